The highest BCUT2D eigenvalue weighted by molar-refractivity contribution is 6.21. The third-order valence-electron chi connectivity index (χ3n) is 6.97. The van der Waals surface area contributed by atoms with Crippen LogP contribution in [0, 0.1) is 0 Å². The van der Waals surface area contributed by atoms with Crippen molar-refractivity contribution in [2.45, 2.75) is 13.3 Å². The number of imide groups is 1. The summed E-state index contributed by atoms with van der Waals surface area (Å²) in [6, 6.07) is 14.3. The second kappa shape index (κ2) is 10.1. The molecule has 6 rings (SSSR count). The minimum atomic E-state index is -0.348. The van der Waals surface area contributed by atoms with Gasteiger partial charge >= 0.3 is 0 Å². The average molecular weight is 527 g/mol. The summed E-state index contributed by atoms with van der Waals surface area (Å²) in [7, 11) is 0. The Morgan fingerprint density at radius 3 is 2.28 bits per heavy atom. The first-order chi connectivity index (χ1) is 19.0. The summed E-state index contributed by atoms with van der Waals surface area (Å²) in [5.74, 6) is 0.645. The summed E-state index contributed by atoms with van der Waals surface area (Å²) >= 11 is 0. The number of rotatable bonds is 7. The van der Waals surface area contributed by atoms with Gasteiger partial charge in [0.15, 0.2) is 17.0 Å². The topological polar surface area (TPSA) is 127 Å². The predicted molar refractivity (Wildman–Crippen MR) is 141 cm³/mol. The van der Waals surface area contributed by atoms with Gasteiger partial charge in [0.1, 0.15) is 12.1 Å². The van der Waals surface area contributed by atoms with E-state index >= 15 is 0 Å². The molecule has 0 bridgehead atoms. The van der Waals surface area contributed by atoms with Crippen LogP contribution in [0.1, 0.15) is 34.1 Å². The lowest BCUT2D eigenvalue weighted by molar-refractivity contribution is -0.131. The molecule has 2 aliphatic heterocycles. The number of carbonyl (C=O) groups excluding carboxylic acids is 3. The molecule has 1 fully saturated rings. The van der Waals surface area contributed by atoms with Crippen molar-refractivity contribution in [3.63, 3.8) is 0 Å². The van der Waals surface area contributed by atoms with Crippen LogP contribution < -0.4 is 9.64 Å². The number of anilines is 1. The second-order valence-corrected chi connectivity index (χ2v) is 9.22. The zero-order valence-corrected chi connectivity index (χ0v) is 21.4. The molecular formula is C27H26N8O4. The maximum absolute atomic E-state index is 12.9. The molecule has 2 aromatic heterocycles. The van der Waals surface area contributed by atoms with E-state index in [0.717, 1.165) is 16.3 Å². The Kier molecular flexibility index (Phi) is 6.35. The van der Waals surface area contributed by atoms with Crippen LogP contribution in [0.25, 0.3) is 16.9 Å². The maximum Gasteiger partial charge on any atom is 0.261 e. The van der Waals surface area contributed by atoms with Gasteiger partial charge in [-0.15, -0.1) is 5.10 Å². The first-order valence-electron chi connectivity index (χ1n) is 12.8. The van der Waals surface area contributed by atoms with Gasteiger partial charge in [-0.25, -0.2) is 9.97 Å². The Labute approximate surface area is 223 Å². The molecule has 0 radical (unpaired) electrons. The Balaban J connectivity index is 1.09. The van der Waals surface area contributed by atoms with Crippen molar-refractivity contribution in [2.75, 3.05) is 44.2 Å². The monoisotopic (exact) mass is 526 g/mol. The molecular weight excluding hydrogens is 500 g/mol. The lowest BCUT2D eigenvalue weighted by atomic mass is 10.1. The van der Waals surface area contributed by atoms with Crippen LogP contribution in [0.2, 0.25) is 0 Å². The normalized spacial score (nSPS) is 15.3. The number of piperazine rings is 1. The fourth-order valence-electron chi connectivity index (χ4n) is 4.97. The van der Waals surface area contributed by atoms with Gasteiger partial charge in [-0.3, -0.25) is 19.3 Å². The van der Waals surface area contributed by atoms with Gasteiger partial charge in [0.25, 0.3) is 11.8 Å². The van der Waals surface area contributed by atoms with Crippen molar-refractivity contribution in [3.05, 3.63) is 66.0 Å². The van der Waals surface area contributed by atoms with E-state index in [1.165, 1.54) is 6.33 Å². The van der Waals surface area contributed by atoms with Crippen molar-refractivity contribution >= 4 is 34.7 Å². The van der Waals surface area contributed by atoms with Gasteiger partial charge in [0, 0.05) is 39.1 Å². The molecule has 39 heavy (non-hydrogen) atoms. The number of hydrogen-bond acceptors (Lipinski definition) is 9. The van der Waals surface area contributed by atoms with Gasteiger partial charge in [0.2, 0.25) is 5.91 Å². The Hall–Kier alpha value is -4.87. The summed E-state index contributed by atoms with van der Waals surface area (Å²) in [5.41, 5.74) is 2.75. The first kappa shape index (κ1) is 24.5. The SMILES string of the molecule is CCOc1ccc(-n2nnc3c(N4CCN(C(=O)CCN5C(=O)c6ccccc6C5=O)CC4)ncnc32)cc1. The molecule has 2 aliphatic rings. The highest BCUT2D eigenvalue weighted by Crippen LogP contribution is 2.25. The maximum atomic E-state index is 12.9. The van der Waals surface area contributed by atoms with E-state index in [9.17, 15) is 14.4 Å². The molecule has 4 heterocycles. The van der Waals surface area contributed by atoms with E-state index < -0.39 is 0 Å². The molecule has 0 unspecified atom stereocenters. The number of fused-ring (bicyclic) bond motifs is 2. The minimum Gasteiger partial charge on any atom is -0.494 e. The minimum absolute atomic E-state index is 0.0621. The van der Waals surface area contributed by atoms with Crippen LogP contribution in [-0.4, -0.2) is 91.8 Å². The second-order valence-electron chi connectivity index (χ2n) is 9.22. The summed E-state index contributed by atoms with van der Waals surface area (Å²) in [6.45, 7) is 4.67. The molecule has 12 nitrogen and oxygen atoms in total. The van der Waals surface area contributed by atoms with Crippen LogP contribution in [0.5, 0.6) is 5.75 Å². The molecule has 12 heteroatoms. The lowest BCUT2D eigenvalue weighted by Crippen LogP contribution is -2.49. The smallest absolute Gasteiger partial charge is 0.261 e. The fourth-order valence-corrected chi connectivity index (χ4v) is 4.97. The predicted octanol–water partition coefficient (Wildman–Crippen LogP) is 1.94. The van der Waals surface area contributed by atoms with Crippen LogP contribution in [0.3, 0.4) is 0 Å². The highest BCUT2D eigenvalue weighted by Gasteiger charge is 2.35. The van der Waals surface area contributed by atoms with E-state index in [2.05, 4.69) is 25.2 Å². The molecule has 0 N–H and O–H groups in total. The number of aromatic nitrogens is 5. The zero-order valence-electron chi connectivity index (χ0n) is 21.4. The molecule has 3 amide bonds. The summed E-state index contributed by atoms with van der Waals surface area (Å²) in [4.78, 5) is 51.9. The number of benzene rings is 2. The number of nitrogens with zero attached hydrogens (tertiary/aromatic N) is 8. The van der Waals surface area contributed by atoms with Gasteiger partial charge in [-0.05, 0) is 43.3 Å². The van der Waals surface area contributed by atoms with E-state index in [0.29, 0.717) is 60.9 Å². The van der Waals surface area contributed by atoms with Gasteiger partial charge < -0.3 is 14.5 Å². The van der Waals surface area contributed by atoms with Crippen LogP contribution in [0.4, 0.5) is 5.82 Å². The standard InChI is InChI=1S/C27H26N8O4/c1-2-39-19-9-7-18(8-10-19)35-25-23(30-31-35)24(28-17-29-25)33-15-13-32(14-16-33)22(36)11-12-34-26(37)20-5-3-4-6-21(20)27(34)38/h3-10,17H,2,11-16H2,1H3. The number of ether oxygens (including phenoxy) is 1. The quantitative estimate of drug-likeness (QED) is 0.332. The molecule has 0 aliphatic carbocycles. The largest absolute Gasteiger partial charge is 0.494 e. The molecule has 198 valence electrons. The Bertz CT molecular complexity index is 1520. The molecule has 0 saturated carbocycles. The molecule has 1 saturated heterocycles. The van der Waals surface area contributed by atoms with Crippen molar-refractivity contribution < 1.29 is 19.1 Å². The van der Waals surface area contributed by atoms with Crippen LogP contribution >= 0.6 is 0 Å². The number of hydrogen-bond donors (Lipinski definition) is 0. The van der Waals surface area contributed by atoms with Crippen molar-refractivity contribution in [1.29, 1.82) is 0 Å². The summed E-state index contributed by atoms with van der Waals surface area (Å²) in [6.07, 6.45) is 1.57. The van der Waals surface area contributed by atoms with E-state index in [1.807, 2.05) is 31.2 Å². The fraction of sp³-hybridized carbons (Fsp3) is 0.296. The van der Waals surface area contributed by atoms with Crippen molar-refractivity contribution in [2.24, 2.45) is 0 Å². The average Bonchev–Trinajstić information content (AvgIpc) is 3.51. The van der Waals surface area contributed by atoms with E-state index in [1.54, 1.807) is 33.8 Å². The lowest BCUT2D eigenvalue weighted by Gasteiger charge is -2.35. The molecule has 0 spiro atoms. The Morgan fingerprint density at radius 1 is 0.923 bits per heavy atom. The van der Waals surface area contributed by atoms with Gasteiger partial charge in [-0.1, -0.05) is 17.3 Å². The third kappa shape index (κ3) is 4.43. The number of carbonyl (C=O) groups is 3. The van der Waals surface area contributed by atoms with Crippen LogP contribution in [0.15, 0.2) is 54.9 Å². The summed E-state index contributed by atoms with van der Waals surface area (Å²) in [5, 5.41) is 8.65. The third-order valence-corrected chi connectivity index (χ3v) is 6.97. The Morgan fingerprint density at radius 2 is 1.62 bits per heavy atom. The van der Waals surface area contributed by atoms with Crippen molar-refractivity contribution in [1.82, 2.24) is 34.8 Å². The van der Waals surface area contributed by atoms with E-state index in [-0.39, 0.29) is 30.7 Å². The molecule has 4 aromatic rings. The highest BCUT2D eigenvalue weighted by atomic mass is 16.5. The van der Waals surface area contributed by atoms with Crippen molar-refractivity contribution in [3.8, 4) is 11.4 Å². The molecule has 0 atom stereocenters. The van der Waals surface area contributed by atoms with E-state index in [4.69, 9.17) is 4.74 Å². The first-order valence-corrected chi connectivity index (χ1v) is 12.8. The van der Waals surface area contributed by atoms with Crippen LogP contribution in [-0.2, 0) is 4.79 Å². The van der Waals surface area contributed by atoms with Gasteiger partial charge in [-0.2, -0.15) is 4.68 Å². The van der Waals surface area contributed by atoms with Gasteiger partial charge in [0.05, 0.1) is 23.4 Å². The number of amides is 3. The zero-order chi connectivity index (χ0) is 26.9. The summed E-state index contributed by atoms with van der Waals surface area (Å²) < 4.78 is 7.18. The molecule has 2 aromatic carbocycles.